The molecule has 0 radical (unpaired) electrons. The Morgan fingerprint density at radius 1 is 1.28 bits per heavy atom. The van der Waals surface area contributed by atoms with E-state index in [4.69, 9.17) is 0 Å². The Balaban J connectivity index is 2.13. The summed E-state index contributed by atoms with van der Waals surface area (Å²) in [6.07, 6.45) is 2.87. The van der Waals surface area contributed by atoms with Crippen LogP contribution in [0.4, 0.5) is 11.5 Å². The molecule has 0 aliphatic rings. The number of aryl methyl sites for hydroxylation is 1. The average molecular weight is 243 g/mol. The van der Waals surface area contributed by atoms with Gasteiger partial charge in [-0.25, -0.2) is 14.8 Å². The third-order valence-corrected chi connectivity index (χ3v) is 2.34. The molecule has 0 bridgehead atoms. The first-order valence-corrected chi connectivity index (χ1v) is 5.43. The molecule has 18 heavy (non-hydrogen) atoms. The van der Waals surface area contributed by atoms with Gasteiger partial charge in [0.1, 0.15) is 5.82 Å². The molecule has 1 aromatic carbocycles. The van der Waals surface area contributed by atoms with Crippen LogP contribution in [0, 0.1) is 6.92 Å². The van der Waals surface area contributed by atoms with Gasteiger partial charge in [0.25, 0.3) is 0 Å². The summed E-state index contributed by atoms with van der Waals surface area (Å²) >= 11 is 0. The van der Waals surface area contributed by atoms with Crippen molar-refractivity contribution < 1.29 is 9.53 Å². The SMILES string of the molecule is COC(=O)c1cnc(Nc2cccc(C)c2)cn1. The molecule has 1 N–H and O–H groups in total. The van der Waals surface area contributed by atoms with E-state index in [9.17, 15) is 4.79 Å². The minimum Gasteiger partial charge on any atom is -0.464 e. The third-order valence-electron chi connectivity index (χ3n) is 2.34. The number of aromatic nitrogens is 2. The quantitative estimate of drug-likeness (QED) is 0.838. The highest BCUT2D eigenvalue weighted by Gasteiger charge is 2.07. The van der Waals surface area contributed by atoms with Crippen LogP contribution < -0.4 is 5.32 Å². The molecule has 0 saturated heterocycles. The number of ether oxygens (including phenoxy) is 1. The number of methoxy groups -OCH3 is 1. The number of carbonyl (C=O) groups is 1. The summed E-state index contributed by atoms with van der Waals surface area (Å²) in [4.78, 5) is 19.2. The number of carbonyl (C=O) groups excluding carboxylic acids is 1. The van der Waals surface area contributed by atoms with Gasteiger partial charge in [-0.05, 0) is 24.6 Å². The fourth-order valence-corrected chi connectivity index (χ4v) is 1.47. The van der Waals surface area contributed by atoms with Gasteiger partial charge in [-0.2, -0.15) is 0 Å². The summed E-state index contributed by atoms with van der Waals surface area (Å²) in [5, 5.41) is 3.10. The van der Waals surface area contributed by atoms with E-state index >= 15 is 0 Å². The van der Waals surface area contributed by atoms with Crippen molar-refractivity contribution in [2.24, 2.45) is 0 Å². The lowest BCUT2D eigenvalue weighted by Gasteiger charge is -2.06. The molecule has 0 saturated carbocycles. The van der Waals surface area contributed by atoms with Gasteiger partial charge in [0.15, 0.2) is 5.69 Å². The van der Waals surface area contributed by atoms with Crippen LogP contribution in [0.25, 0.3) is 0 Å². The smallest absolute Gasteiger partial charge is 0.358 e. The van der Waals surface area contributed by atoms with Gasteiger partial charge in [-0.15, -0.1) is 0 Å². The second-order valence-corrected chi connectivity index (χ2v) is 3.77. The van der Waals surface area contributed by atoms with Crippen LogP contribution in [0.15, 0.2) is 36.7 Å². The zero-order valence-corrected chi connectivity index (χ0v) is 10.2. The minimum atomic E-state index is -0.496. The monoisotopic (exact) mass is 243 g/mol. The number of hydrogen-bond donors (Lipinski definition) is 1. The standard InChI is InChI=1S/C13H13N3O2/c1-9-4-3-5-10(6-9)16-12-8-14-11(7-15-12)13(17)18-2/h3-8H,1-2H3,(H,15,16). The predicted octanol–water partition coefficient (Wildman–Crippen LogP) is 2.32. The minimum absolute atomic E-state index is 0.187. The first kappa shape index (κ1) is 12.0. The number of hydrogen-bond acceptors (Lipinski definition) is 5. The van der Waals surface area contributed by atoms with Crippen molar-refractivity contribution in [3.63, 3.8) is 0 Å². The van der Waals surface area contributed by atoms with Crippen LogP contribution in [0.3, 0.4) is 0 Å². The number of rotatable bonds is 3. The Kier molecular flexibility index (Phi) is 3.52. The van der Waals surface area contributed by atoms with Gasteiger partial charge in [0.2, 0.25) is 0 Å². The lowest BCUT2D eigenvalue weighted by atomic mass is 10.2. The number of benzene rings is 1. The van der Waals surface area contributed by atoms with Gasteiger partial charge in [-0.1, -0.05) is 12.1 Å². The summed E-state index contributed by atoms with van der Waals surface area (Å²) < 4.78 is 4.55. The van der Waals surface area contributed by atoms with Crippen molar-refractivity contribution in [2.75, 3.05) is 12.4 Å². The fourth-order valence-electron chi connectivity index (χ4n) is 1.47. The summed E-state index contributed by atoms with van der Waals surface area (Å²) in [5.74, 6) is 0.0814. The Bertz CT molecular complexity index is 552. The fraction of sp³-hybridized carbons (Fsp3) is 0.154. The lowest BCUT2D eigenvalue weighted by molar-refractivity contribution is 0.0593. The lowest BCUT2D eigenvalue weighted by Crippen LogP contribution is -2.05. The van der Waals surface area contributed by atoms with Crippen LogP contribution in [-0.4, -0.2) is 23.0 Å². The maximum absolute atomic E-state index is 11.2. The number of nitrogens with zero attached hydrogens (tertiary/aromatic N) is 2. The summed E-state index contributed by atoms with van der Waals surface area (Å²) in [7, 11) is 1.31. The first-order valence-electron chi connectivity index (χ1n) is 5.43. The Hall–Kier alpha value is -2.43. The van der Waals surface area contributed by atoms with E-state index in [1.165, 1.54) is 19.5 Å². The summed E-state index contributed by atoms with van der Waals surface area (Å²) in [6, 6.07) is 7.89. The molecule has 0 amide bonds. The molecule has 2 aromatic rings. The van der Waals surface area contributed by atoms with Crippen molar-refractivity contribution in [2.45, 2.75) is 6.92 Å². The highest BCUT2D eigenvalue weighted by molar-refractivity contribution is 5.86. The molecular weight excluding hydrogens is 230 g/mol. The van der Waals surface area contributed by atoms with Gasteiger partial charge in [0, 0.05) is 5.69 Å². The second kappa shape index (κ2) is 5.27. The maximum atomic E-state index is 11.2. The highest BCUT2D eigenvalue weighted by Crippen LogP contribution is 2.14. The number of esters is 1. The second-order valence-electron chi connectivity index (χ2n) is 3.77. The van der Waals surface area contributed by atoms with E-state index in [0.717, 1.165) is 11.3 Å². The van der Waals surface area contributed by atoms with Crippen molar-refractivity contribution in [3.05, 3.63) is 47.9 Å². The molecule has 5 heteroatoms. The van der Waals surface area contributed by atoms with Crippen molar-refractivity contribution >= 4 is 17.5 Å². The molecule has 2 rings (SSSR count). The Morgan fingerprint density at radius 3 is 2.72 bits per heavy atom. The van der Waals surface area contributed by atoms with Crippen LogP contribution in [-0.2, 0) is 4.74 Å². The largest absolute Gasteiger partial charge is 0.464 e. The predicted molar refractivity (Wildman–Crippen MR) is 67.8 cm³/mol. The average Bonchev–Trinajstić information content (AvgIpc) is 2.39. The van der Waals surface area contributed by atoms with E-state index in [1.807, 2.05) is 31.2 Å². The van der Waals surface area contributed by atoms with E-state index < -0.39 is 5.97 Å². The van der Waals surface area contributed by atoms with Crippen LogP contribution in [0.5, 0.6) is 0 Å². The van der Waals surface area contributed by atoms with Crippen LogP contribution in [0.2, 0.25) is 0 Å². The molecule has 5 nitrogen and oxygen atoms in total. The number of anilines is 2. The first-order chi connectivity index (χ1) is 8.69. The van der Waals surface area contributed by atoms with Gasteiger partial charge >= 0.3 is 5.97 Å². The van der Waals surface area contributed by atoms with E-state index in [2.05, 4.69) is 20.0 Å². The van der Waals surface area contributed by atoms with Crippen LogP contribution >= 0.6 is 0 Å². The van der Waals surface area contributed by atoms with Gasteiger partial charge in [-0.3, -0.25) is 0 Å². The molecule has 0 fully saturated rings. The molecule has 0 aliphatic carbocycles. The summed E-state index contributed by atoms with van der Waals surface area (Å²) in [6.45, 7) is 2.01. The molecule has 1 heterocycles. The zero-order valence-electron chi connectivity index (χ0n) is 10.2. The van der Waals surface area contributed by atoms with Crippen molar-refractivity contribution in [1.82, 2.24) is 9.97 Å². The Labute approximate surface area is 105 Å². The van der Waals surface area contributed by atoms with Gasteiger partial charge in [0.05, 0.1) is 19.5 Å². The summed E-state index contributed by atoms with van der Waals surface area (Å²) in [5.41, 5.74) is 2.27. The van der Waals surface area contributed by atoms with Crippen molar-refractivity contribution in [1.29, 1.82) is 0 Å². The maximum Gasteiger partial charge on any atom is 0.358 e. The highest BCUT2D eigenvalue weighted by atomic mass is 16.5. The zero-order chi connectivity index (χ0) is 13.0. The van der Waals surface area contributed by atoms with Gasteiger partial charge < -0.3 is 10.1 Å². The van der Waals surface area contributed by atoms with Crippen LogP contribution in [0.1, 0.15) is 16.1 Å². The normalized spacial score (nSPS) is 9.89. The molecular formula is C13H13N3O2. The molecule has 0 spiro atoms. The van der Waals surface area contributed by atoms with E-state index in [0.29, 0.717) is 5.82 Å². The molecule has 0 aliphatic heterocycles. The number of nitrogens with one attached hydrogen (secondary N) is 1. The molecule has 0 unspecified atom stereocenters. The molecule has 92 valence electrons. The Morgan fingerprint density at radius 2 is 2.11 bits per heavy atom. The topological polar surface area (TPSA) is 64.1 Å². The van der Waals surface area contributed by atoms with E-state index in [1.54, 1.807) is 0 Å². The molecule has 0 atom stereocenters. The van der Waals surface area contributed by atoms with E-state index in [-0.39, 0.29) is 5.69 Å². The molecule has 1 aromatic heterocycles. The van der Waals surface area contributed by atoms with Crippen molar-refractivity contribution in [3.8, 4) is 0 Å². The third kappa shape index (κ3) is 2.82.